The highest BCUT2D eigenvalue weighted by Crippen LogP contribution is 2.20. The number of aryl methyl sites for hydroxylation is 1. The zero-order chi connectivity index (χ0) is 13.9. The van der Waals surface area contributed by atoms with Crippen LogP contribution in [-0.2, 0) is 13.5 Å². The van der Waals surface area contributed by atoms with E-state index < -0.39 is 0 Å². The van der Waals surface area contributed by atoms with E-state index >= 15 is 0 Å². The largest absolute Gasteiger partial charge is 0.275 e. The summed E-state index contributed by atoms with van der Waals surface area (Å²) in [6, 6.07) is 11.8. The lowest BCUT2D eigenvalue weighted by molar-refractivity contribution is 0.768. The molecule has 20 heavy (non-hydrogen) atoms. The minimum Gasteiger partial charge on any atom is -0.275 e. The number of hydrogen-bond donors (Lipinski definition) is 0. The van der Waals surface area contributed by atoms with Crippen LogP contribution >= 0.6 is 11.6 Å². The quantitative estimate of drug-likeness (QED) is 0.694. The minimum atomic E-state index is 0.449. The van der Waals surface area contributed by atoms with Gasteiger partial charge >= 0.3 is 0 Å². The van der Waals surface area contributed by atoms with Crippen LogP contribution in [0.25, 0.3) is 11.3 Å². The van der Waals surface area contributed by atoms with Crippen LogP contribution in [0, 0.1) is 0 Å². The Kier molecular flexibility index (Phi) is 3.48. The van der Waals surface area contributed by atoms with Crippen LogP contribution in [-0.4, -0.2) is 19.7 Å². The van der Waals surface area contributed by atoms with E-state index in [9.17, 15) is 0 Å². The van der Waals surface area contributed by atoms with Crippen molar-refractivity contribution < 1.29 is 0 Å². The van der Waals surface area contributed by atoms with E-state index in [4.69, 9.17) is 11.6 Å². The summed E-state index contributed by atoms with van der Waals surface area (Å²) in [6.45, 7) is 0. The van der Waals surface area contributed by atoms with Gasteiger partial charge < -0.3 is 0 Å². The SMILES string of the molecule is Cn1cc(-c2cc(Cl)nc(Cc3ccccc3)n2)cn1. The topological polar surface area (TPSA) is 43.6 Å². The van der Waals surface area contributed by atoms with Gasteiger partial charge in [0.1, 0.15) is 11.0 Å². The van der Waals surface area contributed by atoms with Gasteiger partial charge in [-0.05, 0) is 5.56 Å². The van der Waals surface area contributed by atoms with Gasteiger partial charge in [-0.1, -0.05) is 41.9 Å². The fourth-order valence-corrected chi connectivity index (χ4v) is 2.22. The molecule has 0 aliphatic rings. The molecule has 0 fully saturated rings. The van der Waals surface area contributed by atoms with E-state index in [1.54, 1.807) is 16.9 Å². The molecule has 0 atom stereocenters. The maximum Gasteiger partial charge on any atom is 0.135 e. The van der Waals surface area contributed by atoms with E-state index in [0.29, 0.717) is 17.4 Å². The van der Waals surface area contributed by atoms with Crippen molar-refractivity contribution >= 4 is 11.6 Å². The maximum absolute atomic E-state index is 6.09. The highest BCUT2D eigenvalue weighted by atomic mass is 35.5. The minimum absolute atomic E-state index is 0.449. The summed E-state index contributed by atoms with van der Waals surface area (Å²) in [5, 5.41) is 4.60. The van der Waals surface area contributed by atoms with Gasteiger partial charge in [0.15, 0.2) is 0 Å². The average molecular weight is 285 g/mol. The molecule has 3 aromatic rings. The standard InChI is InChI=1S/C15H13ClN4/c1-20-10-12(9-17-20)13-8-14(16)19-15(18-13)7-11-5-3-2-4-6-11/h2-6,8-10H,7H2,1H3. The molecule has 100 valence electrons. The van der Waals surface area contributed by atoms with Gasteiger partial charge in [0.2, 0.25) is 0 Å². The number of aromatic nitrogens is 4. The van der Waals surface area contributed by atoms with Crippen LogP contribution in [0.2, 0.25) is 5.15 Å². The van der Waals surface area contributed by atoms with Crippen LogP contribution in [0.1, 0.15) is 11.4 Å². The Morgan fingerprint density at radius 3 is 2.65 bits per heavy atom. The lowest BCUT2D eigenvalue weighted by atomic mass is 10.1. The van der Waals surface area contributed by atoms with E-state index in [1.165, 1.54) is 0 Å². The van der Waals surface area contributed by atoms with Gasteiger partial charge in [0.25, 0.3) is 0 Å². The van der Waals surface area contributed by atoms with E-state index in [1.807, 2.05) is 43.6 Å². The first-order valence-electron chi connectivity index (χ1n) is 6.27. The lowest BCUT2D eigenvalue weighted by Crippen LogP contribution is -1.98. The highest BCUT2D eigenvalue weighted by Gasteiger charge is 2.08. The fraction of sp³-hybridized carbons (Fsp3) is 0.133. The Labute approximate surface area is 122 Å². The van der Waals surface area contributed by atoms with Gasteiger partial charge in [-0.2, -0.15) is 5.10 Å². The van der Waals surface area contributed by atoms with Crippen molar-refractivity contribution in [2.75, 3.05) is 0 Å². The summed E-state index contributed by atoms with van der Waals surface area (Å²) >= 11 is 6.09. The molecule has 0 saturated heterocycles. The molecule has 0 unspecified atom stereocenters. The first kappa shape index (κ1) is 12.8. The Morgan fingerprint density at radius 1 is 1.15 bits per heavy atom. The lowest BCUT2D eigenvalue weighted by Gasteiger charge is -2.04. The van der Waals surface area contributed by atoms with Crippen LogP contribution in [0.5, 0.6) is 0 Å². The summed E-state index contributed by atoms with van der Waals surface area (Å²) in [5.41, 5.74) is 2.89. The van der Waals surface area contributed by atoms with E-state index in [0.717, 1.165) is 16.8 Å². The molecular weight excluding hydrogens is 272 g/mol. The number of halogens is 1. The Hall–Kier alpha value is -2.20. The maximum atomic E-state index is 6.09. The van der Waals surface area contributed by atoms with Crippen molar-refractivity contribution in [2.45, 2.75) is 6.42 Å². The molecular formula is C15H13ClN4. The molecule has 2 aromatic heterocycles. The highest BCUT2D eigenvalue weighted by molar-refractivity contribution is 6.29. The van der Waals surface area contributed by atoms with Crippen LogP contribution in [0.15, 0.2) is 48.8 Å². The number of benzene rings is 1. The predicted molar refractivity (Wildman–Crippen MR) is 78.5 cm³/mol. The van der Waals surface area contributed by atoms with Crippen molar-refractivity contribution in [1.82, 2.24) is 19.7 Å². The second-order valence-corrected chi connectivity index (χ2v) is 4.94. The summed E-state index contributed by atoms with van der Waals surface area (Å²) < 4.78 is 1.74. The van der Waals surface area contributed by atoms with Crippen molar-refractivity contribution in [1.29, 1.82) is 0 Å². The number of hydrogen-bond acceptors (Lipinski definition) is 3. The smallest absolute Gasteiger partial charge is 0.135 e. The van der Waals surface area contributed by atoms with Crippen molar-refractivity contribution in [2.24, 2.45) is 7.05 Å². The zero-order valence-electron chi connectivity index (χ0n) is 11.0. The van der Waals surface area contributed by atoms with Crippen LogP contribution in [0.3, 0.4) is 0 Å². The van der Waals surface area contributed by atoms with Crippen molar-refractivity contribution in [3.63, 3.8) is 0 Å². The molecule has 0 radical (unpaired) electrons. The summed E-state index contributed by atoms with van der Waals surface area (Å²) in [7, 11) is 1.87. The van der Waals surface area contributed by atoms with E-state index in [-0.39, 0.29) is 0 Å². The summed E-state index contributed by atoms with van der Waals surface area (Å²) in [5.74, 6) is 0.711. The van der Waals surface area contributed by atoms with Crippen molar-refractivity contribution in [3.05, 3.63) is 65.3 Å². The van der Waals surface area contributed by atoms with Crippen LogP contribution < -0.4 is 0 Å². The molecule has 0 saturated carbocycles. The van der Waals surface area contributed by atoms with Gasteiger partial charge in [-0.15, -0.1) is 0 Å². The molecule has 0 aliphatic heterocycles. The summed E-state index contributed by atoms with van der Waals surface area (Å²) in [6.07, 6.45) is 4.34. The first-order valence-corrected chi connectivity index (χ1v) is 6.65. The third-order valence-corrected chi connectivity index (χ3v) is 3.14. The monoisotopic (exact) mass is 284 g/mol. The molecule has 0 amide bonds. The molecule has 0 spiro atoms. The zero-order valence-corrected chi connectivity index (χ0v) is 11.7. The van der Waals surface area contributed by atoms with Gasteiger partial charge in [0, 0.05) is 31.3 Å². The second kappa shape index (κ2) is 5.43. The van der Waals surface area contributed by atoms with Gasteiger partial charge in [-0.25, -0.2) is 9.97 Å². The third kappa shape index (κ3) is 2.86. The van der Waals surface area contributed by atoms with Crippen molar-refractivity contribution in [3.8, 4) is 11.3 Å². The van der Waals surface area contributed by atoms with Crippen LogP contribution in [0.4, 0.5) is 0 Å². The van der Waals surface area contributed by atoms with Gasteiger partial charge in [-0.3, -0.25) is 4.68 Å². The molecule has 0 aliphatic carbocycles. The first-order chi connectivity index (χ1) is 9.70. The van der Waals surface area contributed by atoms with E-state index in [2.05, 4.69) is 15.1 Å². The average Bonchev–Trinajstić information content (AvgIpc) is 2.86. The number of nitrogens with zero attached hydrogens (tertiary/aromatic N) is 4. The molecule has 2 heterocycles. The normalized spacial score (nSPS) is 10.7. The van der Waals surface area contributed by atoms with Gasteiger partial charge in [0.05, 0.1) is 11.9 Å². The molecule has 5 heteroatoms. The predicted octanol–water partition coefficient (Wildman–Crippen LogP) is 3.12. The number of rotatable bonds is 3. The molecule has 3 rings (SSSR count). The second-order valence-electron chi connectivity index (χ2n) is 4.56. The Morgan fingerprint density at radius 2 is 1.95 bits per heavy atom. The Balaban J connectivity index is 1.95. The molecule has 4 nitrogen and oxygen atoms in total. The molecule has 1 aromatic carbocycles. The molecule has 0 bridgehead atoms. The third-order valence-electron chi connectivity index (χ3n) is 2.95. The molecule has 0 N–H and O–H groups in total. The summed E-state index contributed by atoms with van der Waals surface area (Å²) in [4.78, 5) is 8.85. The Bertz CT molecular complexity index is 722. The fourth-order valence-electron chi connectivity index (χ4n) is 2.02.